The molecule has 5 rings (SSSR count). The average molecular weight is 427 g/mol. The normalized spacial score (nSPS) is 28.7. The molecule has 1 aliphatic heterocycles. The molecular formula is C27H26NO2P. The first-order valence-electron chi connectivity index (χ1n) is 10.7. The fraction of sp³-hybridized carbons (Fsp3) is 0.185. The molecule has 156 valence electrons. The Labute approximate surface area is 183 Å². The van der Waals surface area contributed by atoms with Gasteiger partial charge in [0.2, 0.25) is 7.29 Å². The van der Waals surface area contributed by atoms with E-state index in [1.807, 2.05) is 85.9 Å². The Morgan fingerprint density at radius 3 is 2.06 bits per heavy atom. The molecule has 3 aromatic rings. The van der Waals surface area contributed by atoms with Crippen LogP contribution in [0.4, 0.5) is 0 Å². The molecule has 4 heteroatoms. The third kappa shape index (κ3) is 3.34. The van der Waals surface area contributed by atoms with Gasteiger partial charge in [-0.1, -0.05) is 97.1 Å². The van der Waals surface area contributed by atoms with Gasteiger partial charge in [-0.15, -0.1) is 0 Å². The average Bonchev–Trinajstić information content (AvgIpc) is 3.07. The summed E-state index contributed by atoms with van der Waals surface area (Å²) in [4.78, 5) is 0. The molecular weight excluding hydrogens is 401 g/mol. The van der Waals surface area contributed by atoms with Crippen molar-refractivity contribution < 1.29 is 9.67 Å². The summed E-state index contributed by atoms with van der Waals surface area (Å²) in [6.07, 6.45) is 5.63. The van der Waals surface area contributed by atoms with Crippen LogP contribution in [0.1, 0.15) is 23.3 Å². The molecule has 0 spiro atoms. The van der Waals surface area contributed by atoms with Crippen LogP contribution in [0.25, 0.3) is 0 Å². The molecule has 0 bridgehead atoms. The Kier molecular flexibility index (Phi) is 5.27. The lowest BCUT2D eigenvalue weighted by Gasteiger charge is -2.27. The van der Waals surface area contributed by atoms with Crippen molar-refractivity contribution in [3.05, 3.63) is 126 Å². The lowest BCUT2D eigenvalue weighted by molar-refractivity contribution is 0.149. The van der Waals surface area contributed by atoms with Crippen LogP contribution in [0.15, 0.2) is 115 Å². The molecule has 31 heavy (non-hydrogen) atoms. The molecule has 0 radical (unpaired) electrons. The van der Waals surface area contributed by atoms with Crippen LogP contribution in [0.5, 0.6) is 0 Å². The minimum Gasteiger partial charge on any atom is -0.387 e. The lowest BCUT2D eigenvalue weighted by atomic mass is 9.84. The van der Waals surface area contributed by atoms with Crippen molar-refractivity contribution in [1.82, 2.24) is 4.67 Å². The predicted octanol–water partition coefficient (Wildman–Crippen LogP) is 5.70. The van der Waals surface area contributed by atoms with E-state index in [1.165, 1.54) is 0 Å². The van der Waals surface area contributed by atoms with E-state index in [-0.39, 0.29) is 17.9 Å². The van der Waals surface area contributed by atoms with E-state index < -0.39 is 13.4 Å². The third-order valence-corrected chi connectivity index (χ3v) is 9.82. The molecule has 3 aromatic carbocycles. The van der Waals surface area contributed by atoms with Gasteiger partial charge in [0.1, 0.15) is 0 Å². The van der Waals surface area contributed by atoms with Crippen LogP contribution in [0.3, 0.4) is 0 Å². The number of aliphatic hydroxyl groups excluding tert-OH is 1. The maximum absolute atomic E-state index is 14.7. The first-order valence-corrected chi connectivity index (χ1v) is 12.3. The first-order chi connectivity index (χ1) is 15.1. The minimum atomic E-state index is -3.00. The number of fused-ring (bicyclic) bond motifs is 1. The zero-order valence-electron chi connectivity index (χ0n) is 17.5. The van der Waals surface area contributed by atoms with E-state index >= 15 is 0 Å². The number of aliphatic hydroxyl groups is 1. The SMILES string of the molecule is CN1[C@@H](c2ccccc2)[C@@H]2C=C[C@H]([C@@H](O)c3ccccc3)C=C2[P@@]1(=O)c1ccccc1. The summed E-state index contributed by atoms with van der Waals surface area (Å²) in [5, 5.41) is 12.8. The highest BCUT2D eigenvalue weighted by Crippen LogP contribution is 2.70. The number of hydrogen-bond donors (Lipinski definition) is 1. The molecule has 1 fully saturated rings. The molecule has 1 aliphatic carbocycles. The monoisotopic (exact) mass is 427 g/mol. The highest BCUT2D eigenvalue weighted by Gasteiger charge is 2.52. The van der Waals surface area contributed by atoms with Crippen LogP contribution in [-0.2, 0) is 4.57 Å². The van der Waals surface area contributed by atoms with E-state index in [9.17, 15) is 9.67 Å². The van der Waals surface area contributed by atoms with Gasteiger partial charge >= 0.3 is 0 Å². The van der Waals surface area contributed by atoms with Crippen molar-refractivity contribution in [2.45, 2.75) is 12.1 Å². The number of hydrogen-bond acceptors (Lipinski definition) is 2. The second kappa shape index (κ2) is 8.09. The smallest absolute Gasteiger partial charge is 0.203 e. The van der Waals surface area contributed by atoms with E-state index in [4.69, 9.17) is 0 Å². The standard InChI is InChI=1S/C27H26NO2P/c1-28-26(20-11-5-2-6-12-20)24-18-17-22(27(29)21-13-7-3-8-14-21)19-25(24)31(28,30)23-15-9-4-10-16-23/h2-19,22,24,26-27,29H,1H3/t22-,24+,26-,27-,31-/m0/s1. The van der Waals surface area contributed by atoms with Gasteiger partial charge in [0, 0.05) is 22.5 Å². The van der Waals surface area contributed by atoms with Crippen LogP contribution in [0, 0.1) is 11.8 Å². The highest BCUT2D eigenvalue weighted by atomic mass is 31.2. The molecule has 0 saturated carbocycles. The number of benzene rings is 3. The van der Waals surface area contributed by atoms with Gasteiger partial charge in [-0.2, -0.15) is 0 Å². The summed E-state index contributed by atoms with van der Waals surface area (Å²) in [7, 11) is -1.03. The first kappa shape index (κ1) is 20.2. The van der Waals surface area contributed by atoms with Gasteiger partial charge in [-0.25, -0.2) is 4.67 Å². The molecule has 0 amide bonds. The summed E-state index contributed by atoms with van der Waals surface area (Å²) in [5.74, 6) is -0.203. The van der Waals surface area contributed by atoms with Gasteiger partial charge in [0.05, 0.1) is 12.1 Å². The van der Waals surface area contributed by atoms with Crippen LogP contribution in [-0.4, -0.2) is 16.8 Å². The summed E-state index contributed by atoms with van der Waals surface area (Å²) in [6.45, 7) is 0. The fourth-order valence-corrected chi connectivity index (χ4v) is 8.21. The summed E-state index contributed by atoms with van der Waals surface area (Å²) >= 11 is 0. The minimum absolute atomic E-state index is 0.00967. The Hall–Kier alpha value is -2.71. The Morgan fingerprint density at radius 1 is 0.839 bits per heavy atom. The van der Waals surface area contributed by atoms with Crippen molar-refractivity contribution in [3.8, 4) is 0 Å². The van der Waals surface area contributed by atoms with E-state index in [1.54, 1.807) is 0 Å². The van der Waals surface area contributed by atoms with E-state index in [0.29, 0.717) is 0 Å². The van der Waals surface area contributed by atoms with Crippen molar-refractivity contribution >= 4 is 12.6 Å². The van der Waals surface area contributed by atoms with E-state index in [2.05, 4.69) is 35.0 Å². The van der Waals surface area contributed by atoms with Gasteiger partial charge in [-0.05, 0) is 30.3 Å². The molecule has 0 aromatic heterocycles. The molecule has 1 heterocycles. The molecule has 1 saturated heterocycles. The van der Waals surface area contributed by atoms with Crippen molar-refractivity contribution in [1.29, 1.82) is 0 Å². The highest BCUT2D eigenvalue weighted by molar-refractivity contribution is 7.73. The van der Waals surface area contributed by atoms with Gasteiger partial charge in [-0.3, -0.25) is 4.57 Å². The Balaban J connectivity index is 1.63. The number of nitrogens with zero attached hydrogens (tertiary/aromatic N) is 1. The molecule has 3 nitrogen and oxygen atoms in total. The molecule has 5 atom stereocenters. The van der Waals surface area contributed by atoms with Gasteiger partial charge in [0.15, 0.2) is 0 Å². The zero-order valence-corrected chi connectivity index (χ0v) is 18.3. The maximum atomic E-state index is 14.7. The quantitative estimate of drug-likeness (QED) is 0.429. The summed E-state index contributed by atoms with van der Waals surface area (Å²) in [6, 6.07) is 29.8. The molecule has 1 N–H and O–H groups in total. The summed E-state index contributed by atoms with van der Waals surface area (Å²) in [5.41, 5.74) is 2.02. The van der Waals surface area contributed by atoms with Crippen LogP contribution in [0.2, 0.25) is 0 Å². The van der Waals surface area contributed by atoms with Crippen molar-refractivity contribution in [2.24, 2.45) is 11.8 Å². The third-order valence-electron chi connectivity index (χ3n) is 6.54. The molecule has 2 aliphatic rings. The van der Waals surface area contributed by atoms with Gasteiger partial charge in [0.25, 0.3) is 0 Å². The molecule has 0 unspecified atom stereocenters. The summed E-state index contributed by atoms with van der Waals surface area (Å²) < 4.78 is 16.8. The van der Waals surface area contributed by atoms with Gasteiger partial charge < -0.3 is 5.11 Å². The van der Waals surface area contributed by atoms with Crippen LogP contribution >= 0.6 is 7.29 Å². The van der Waals surface area contributed by atoms with E-state index in [0.717, 1.165) is 21.7 Å². The van der Waals surface area contributed by atoms with Crippen molar-refractivity contribution in [3.63, 3.8) is 0 Å². The maximum Gasteiger partial charge on any atom is 0.203 e. The van der Waals surface area contributed by atoms with Crippen LogP contribution < -0.4 is 5.30 Å². The number of rotatable bonds is 4. The fourth-order valence-electron chi connectivity index (χ4n) is 4.97. The zero-order chi connectivity index (χ0) is 21.4. The van der Waals surface area contributed by atoms with Crippen molar-refractivity contribution in [2.75, 3.05) is 7.05 Å². The largest absolute Gasteiger partial charge is 0.387 e. The Morgan fingerprint density at radius 2 is 1.42 bits per heavy atom. The predicted molar refractivity (Wildman–Crippen MR) is 126 cm³/mol. The Bertz CT molecular complexity index is 1160. The second-order valence-corrected chi connectivity index (χ2v) is 11.1. The topological polar surface area (TPSA) is 40.5 Å². The lowest BCUT2D eigenvalue weighted by Crippen LogP contribution is -2.22. The second-order valence-electron chi connectivity index (χ2n) is 8.28.